The number of rotatable bonds is 8. The summed E-state index contributed by atoms with van der Waals surface area (Å²) in [5.41, 5.74) is 3.27. The molecule has 1 aliphatic rings. The van der Waals surface area contributed by atoms with Crippen LogP contribution in [0.1, 0.15) is 37.0 Å². The molecule has 2 N–H and O–H groups in total. The van der Waals surface area contributed by atoms with Gasteiger partial charge in [0.05, 0.1) is 5.75 Å². The Bertz CT molecular complexity index is 963. The summed E-state index contributed by atoms with van der Waals surface area (Å²) in [6.07, 6.45) is 2.27. The number of guanidine groups is 1. The lowest BCUT2D eigenvalue weighted by molar-refractivity contribution is 0.460. The number of hydrogen-bond donors (Lipinski definition) is 2. The Hall–Kier alpha value is -1.65. The van der Waals surface area contributed by atoms with E-state index >= 15 is 0 Å². The van der Waals surface area contributed by atoms with Crippen LogP contribution in [-0.2, 0) is 28.7 Å². The van der Waals surface area contributed by atoms with Gasteiger partial charge in [0.1, 0.15) is 0 Å². The second kappa shape index (κ2) is 12.6. The van der Waals surface area contributed by atoms with Crippen LogP contribution in [-0.4, -0.2) is 45.5 Å². The first-order valence-corrected chi connectivity index (χ1v) is 12.6. The molecule has 8 heteroatoms. The third kappa shape index (κ3) is 8.37. The van der Waals surface area contributed by atoms with E-state index in [2.05, 4.69) is 50.3 Å². The molecular formula is C24H35IN4O2S. The van der Waals surface area contributed by atoms with Gasteiger partial charge in [-0.1, -0.05) is 54.6 Å². The van der Waals surface area contributed by atoms with Gasteiger partial charge in [-0.3, -0.25) is 4.99 Å². The Morgan fingerprint density at radius 1 is 1.06 bits per heavy atom. The lowest BCUT2D eigenvalue weighted by Gasteiger charge is -2.22. The average molecular weight is 571 g/mol. The van der Waals surface area contributed by atoms with Crippen molar-refractivity contribution < 1.29 is 8.42 Å². The Kier molecular flexibility index (Phi) is 10.4. The molecule has 0 bridgehead atoms. The summed E-state index contributed by atoms with van der Waals surface area (Å²) in [5, 5.41) is 3.45. The van der Waals surface area contributed by atoms with Crippen LogP contribution >= 0.6 is 24.0 Å². The van der Waals surface area contributed by atoms with E-state index < -0.39 is 10.0 Å². The van der Waals surface area contributed by atoms with Crippen molar-refractivity contribution in [2.75, 3.05) is 20.1 Å². The molecule has 2 aromatic rings. The van der Waals surface area contributed by atoms with Crippen molar-refractivity contribution in [2.45, 2.75) is 45.0 Å². The van der Waals surface area contributed by atoms with E-state index in [4.69, 9.17) is 0 Å². The molecule has 0 aromatic heterocycles. The standard InChI is InChI=1S/C24H34N4O2S.HI/c1-19(2)27-31(29,30)18-22-11-9-21(10-12-22)16-26-24(25-3)28-14-13-23(17-28)15-20-7-5-4-6-8-20;/h4-12,19,23,27H,13-18H2,1-3H3,(H,25,26);1H. The molecular weight excluding hydrogens is 535 g/mol. The Morgan fingerprint density at radius 2 is 1.72 bits per heavy atom. The van der Waals surface area contributed by atoms with Crippen molar-refractivity contribution >= 4 is 40.0 Å². The molecule has 0 radical (unpaired) electrons. The van der Waals surface area contributed by atoms with Gasteiger partial charge in [0.15, 0.2) is 5.96 Å². The fourth-order valence-electron chi connectivity index (χ4n) is 4.03. The van der Waals surface area contributed by atoms with Crippen molar-refractivity contribution in [2.24, 2.45) is 10.9 Å². The van der Waals surface area contributed by atoms with Crippen molar-refractivity contribution in [1.29, 1.82) is 0 Å². The zero-order valence-electron chi connectivity index (χ0n) is 19.1. The minimum atomic E-state index is -3.31. The average Bonchev–Trinajstić information content (AvgIpc) is 3.17. The van der Waals surface area contributed by atoms with Crippen LogP contribution in [0.15, 0.2) is 59.6 Å². The predicted octanol–water partition coefficient (Wildman–Crippen LogP) is 3.77. The third-order valence-corrected chi connectivity index (χ3v) is 6.95. The van der Waals surface area contributed by atoms with Gasteiger partial charge in [-0.15, -0.1) is 24.0 Å². The molecule has 176 valence electrons. The molecule has 3 rings (SSSR count). The fraction of sp³-hybridized carbons (Fsp3) is 0.458. The van der Waals surface area contributed by atoms with E-state index in [0.717, 1.165) is 36.6 Å². The van der Waals surface area contributed by atoms with Crippen LogP contribution in [0.3, 0.4) is 0 Å². The number of sulfonamides is 1. The van der Waals surface area contributed by atoms with Crippen LogP contribution in [0.5, 0.6) is 0 Å². The molecule has 1 saturated heterocycles. The van der Waals surface area contributed by atoms with Gasteiger partial charge in [-0.05, 0) is 49.3 Å². The minimum Gasteiger partial charge on any atom is -0.352 e. The molecule has 0 aliphatic carbocycles. The Labute approximate surface area is 210 Å². The topological polar surface area (TPSA) is 73.8 Å². The van der Waals surface area contributed by atoms with Gasteiger partial charge in [0.25, 0.3) is 0 Å². The number of aliphatic imine (C=N–C) groups is 1. The molecule has 32 heavy (non-hydrogen) atoms. The van der Waals surface area contributed by atoms with E-state index in [-0.39, 0.29) is 35.8 Å². The third-order valence-electron chi connectivity index (χ3n) is 5.41. The monoisotopic (exact) mass is 570 g/mol. The fourth-order valence-corrected chi connectivity index (χ4v) is 5.46. The summed E-state index contributed by atoms with van der Waals surface area (Å²) < 4.78 is 26.8. The lowest BCUT2D eigenvalue weighted by atomic mass is 9.99. The molecule has 2 aromatic carbocycles. The summed E-state index contributed by atoms with van der Waals surface area (Å²) in [5.74, 6) is 1.56. The summed E-state index contributed by atoms with van der Waals surface area (Å²) in [6.45, 7) is 6.32. The molecule has 0 amide bonds. The maximum Gasteiger partial charge on any atom is 0.216 e. The minimum absolute atomic E-state index is 0. The number of likely N-dealkylation sites (tertiary alicyclic amines) is 1. The zero-order chi connectivity index (χ0) is 22.3. The Balaban J connectivity index is 0.00000363. The van der Waals surface area contributed by atoms with Crippen LogP contribution in [0.2, 0.25) is 0 Å². The van der Waals surface area contributed by atoms with Crippen molar-refractivity contribution in [3.63, 3.8) is 0 Å². The quantitative estimate of drug-likeness (QED) is 0.288. The van der Waals surface area contributed by atoms with E-state index in [1.165, 1.54) is 12.0 Å². The number of halogens is 1. The number of hydrogen-bond acceptors (Lipinski definition) is 3. The first-order valence-electron chi connectivity index (χ1n) is 10.9. The molecule has 0 saturated carbocycles. The van der Waals surface area contributed by atoms with Crippen LogP contribution in [0, 0.1) is 5.92 Å². The summed E-state index contributed by atoms with van der Waals surface area (Å²) >= 11 is 0. The van der Waals surface area contributed by atoms with Crippen LogP contribution < -0.4 is 10.0 Å². The second-order valence-corrected chi connectivity index (χ2v) is 10.3. The van der Waals surface area contributed by atoms with Gasteiger partial charge in [-0.2, -0.15) is 0 Å². The predicted molar refractivity (Wildman–Crippen MR) is 143 cm³/mol. The normalized spacial score (nSPS) is 16.8. The number of nitrogens with zero attached hydrogens (tertiary/aromatic N) is 2. The lowest BCUT2D eigenvalue weighted by Crippen LogP contribution is -2.39. The highest BCUT2D eigenvalue weighted by molar-refractivity contribution is 14.0. The van der Waals surface area contributed by atoms with E-state index in [0.29, 0.717) is 12.5 Å². The van der Waals surface area contributed by atoms with Crippen LogP contribution in [0.4, 0.5) is 0 Å². The molecule has 1 aliphatic heterocycles. The van der Waals surface area contributed by atoms with Gasteiger partial charge < -0.3 is 10.2 Å². The maximum absolute atomic E-state index is 12.1. The molecule has 1 heterocycles. The second-order valence-electron chi connectivity index (χ2n) is 8.54. The smallest absolute Gasteiger partial charge is 0.216 e. The molecule has 0 spiro atoms. The summed E-state index contributed by atoms with van der Waals surface area (Å²) in [7, 11) is -1.48. The van der Waals surface area contributed by atoms with Gasteiger partial charge in [-0.25, -0.2) is 13.1 Å². The summed E-state index contributed by atoms with van der Waals surface area (Å²) in [6, 6.07) is 18.3. The SMILES string of the molecule is CN=C(NCc1ccc(CS(=O)(=O)NC(C)C)cc1)N1CCC(Cc2ccccc2)C1.I. The number of benzene rings is 2. The first-order chi connectivity index (χ1) is 14.8. The molecule has 1 fully saturated rings. The van der Waals surface area contributed by atoms with Crippen LogP contribution in [0.25, 0.3) is 0 Å². The van der Waals surface area contributed by atoms with E-state index in [9.17, 15) is 8.42 Å². The first kappa shape index (κ1) is 26.6. The van der Waals surface area contributed by atoms with Gasteiger partial charge in [0, 0.05) is 32.7 Å². The largest absolute Gasteiger partial charge is 0.352 e. The molecule has 1 unspecified atom stereocenters. The molecule has 1 atom stereocenters. The number of nitrogens with one attached hydrogen (secondary N) is 2. The van der Waals surface area contributed by atoms with Gasteiger partial charge in [0.2, 0.25) is 10.0 Å². The van der Waals surface area contributed by atoms with E-state index in [1.807, 2.05) is 45.2 Å². The highest BCUT2D eigenvalue weighted by atomic mass is 127. The highest BCUT2D eigenvalue weighted by Gasteiger charge is 2.24. The maximum atomic E-state index is 12.1. The van der Waals surface area contributed by atoms with E-state index in [1.54, 1.807) is 0 Å². The Morgan fingerprint density at radius 3 is 2.34 bits per heavy atom. The zero-order valence-corrected chi connectivity index (χ0v) is 22.3. The van der Waals surface area contributed by atoms with Gasteiger partial charge >= 0.3 is 0 Å². The summed E-state index contributed by atoms with van der Waals surface area (Å²) in [4.78, 5) is 6.79. The van der Waals surface area contributed by atoms with Crippen molar-refractivity contribution in [3.8, 4) is 0 Å². The molecule has 6 nitrogen and oxygen atoms in total. The van der Waals surface area contributed by atoms with Crippen molar-refractivity contribution in [1.82, 2.24) is 14.9 Å². The van der Waals surface area contributed by atoms with Crippen molar-refractivity contribution in [3.05, 3.63) is 71.3 Å². The highest BCUT2D eigenvalue weighted by Crippen LogP contribution is 2.21.